The number of fused-ring (bicyclic) bond motifs is 1. The molecule has 1 aromatic carbocycles. The average Bonchev–Trinajstić information content (AvgIpc) is 2.85. The van der Waals surface area contributed by atoms with Crippen LogP contribution in [0.4, 0.5) is 5.69 Å². The minimum Gasteiger partial charge on any atom is -0.399 e. The highest BCUT2D eigenvalue weighted by atomic mass is 32.2. The third-order valence-corrected chi connectivity index (χ3v) is 5.74. The van der Waals surface area contributed by atoms with Crippen LogP contribution < -0.4 is 5.73 Å². The van der Waals surface area contributed by atoms with Gasteiger partial charge in [0.25, 0.3) is 0 Å². The fourth-order valence-corrected chi connectivity index (χ4v) is 4.26. The molecule has 2 N–H and O–H groups in total. The van der Waals surface area contributed by atoms with E-state index in [-0.39, 0.29) is 0 Å². The zero-order chi connectivity index (χ0) is 14.8. The maximum Gasteiger partial charge on any atom is 0.110 e. The van der Waals surface area contributed by atoms with Gasteiger partial charge < -0.3 is 10.3 Å². The molecule has 3 rings (SSSR count). The summed E-state index contributed by atoms with van der Waals surface area (Å²) in [6.07, 6.45) is 9.63. The van der Waals surface area contributed by atoms with Crippen LogP contribution >= 0.6 is 11.8 Å². The molecule has 0 saturated heterocycles. The number of rotatable bonds is 4. The van der Waals surface area contributed by atoms with Crippen LogP contribution in [0.5, 0.6) is 0 Å². The van der Waals surface area contributed by atoms with Gasteiger partial charge in [-0.1, -0.05) is 6.92 Å². The van der Waals surface area contributed by atoms with Gasteiger partial charge in [-0.05, 0) is 56.6 Å². The summed E-state index contributed by atoms with van der Waals surface area (Å²) in [6.45, 7) is 2.22. The van der Waals surface area contributed by atoms with E-state index in [2.05, 4.69) is 23.8 Å². The van der Waals surface area contributed by atoms with Crippen LogP contribution in [-0.2, 0) is 6.42 Å². The first kappa shape index (κ1) is 14.8. The van der Waals surface area contributed by atoms with Crippen molar-refractivity contribution < 1.29 is 0 Å². The highest BCUT2D eigenvalue weighted by Crippen LogP contribution is 2.36. The second-order valence-electron chi connectivity index (χ2n) is 6.06. The molecule has 0 bridgehead atoms. The fraction of sp³-hybridized carbons (Fsp3) is 0.588. The van der Waals surface area contributed by atoms with Crippen LogP contribution in [0.1, 0.15) is 50.9 Å². The lowest BCUT2D eigenvalue weighted by Gasteiger charge is -2.30. The molecule has 1 aliphatic carbocycles. The maximum absolute atomic E-state index is 5.92. The highest BCUT2D eigenvalue weighted by Gasteiger charge is 2.25. The van der Waals surface area contributed by atoms with E-state index in [0.29, 0.717) is 6.04 Å². The van der Waals surface area contributed by atoms with E-state index in [1.807, 2.05) is 23.9 Å². The number of aryl methyl sites for hydroxylation is 1. The Bertz CT molecular complexity index is 612. The number of nitrogen functional groups attached to an aromatic ring is 1. The number of thioether (sulfide) groups is 1. The molecular weight excluding hydrogens is 278 g/mol. The lowest BCUT2D eigenvalue weighted by Crippen LogP contribution is -2.21. The van der Waals surface area contributed by atoms with Crippen LogP contribution in [0.15, 0.2) is 18.2 Å². The SMILES string of the molecule is CCCc1nc2cc(N)ccc2n1C1CCC(SC)CC1. The minimum absolute atomic E-state index is 0.614. The van der Waals surface area contributed by atoms with Crippen molar-refractivity contribution in [1.29, 1.82) is 0 Å². The zero-order valence-electron chi connectivity index (χ0n) is 13.0. The van der Waals surface area contributed by atoms with E-state index >= 15 is 0 Å². The van der Waals surface area contributed by atoms with E-state index in [1.54, 1.807) is 0 Å². The van der Waals surface area contributed by atoms with Crippen molar-refractivity contribution in [3.8, 4) is 0 Å². The molecule has 1 aliphatic rings. The lowest BCUT2D eigenvalue weighted by molar-refractivity contribution is 0.358. The minimum atomic E-state index is 0.614. The van der Waals surface area contributed by atoms with E-state index < -0.39 is 0 Å². The van der Waals surface area contributed by atoms with Crippen molar-refractivity contribution in [2.24, 2.45) is 0 Å². The second kappa shape index (κ2) is 6.30. The number of anilines is 1. The Labute approximate surface area is 131 Å². The smallest absolute Gasteiger partial charge is 0.110 e. The number of imidazole rings is 1. The Morgan fingerprint density at radius 2 is 2.05 bits per heavy atom. The standard InChI is InChI=1S/C17H25N3S/c1-3-4-17-19-15-11-12(18)5-10-16(15)20(17)13-6-8-14(21-2)9-7-13/h5,10-11,13-14H,3-4,6-9,18H2,1-2H3. The molecule has 0 amide bonds. The molecule has 2 aromatic rings. The Hall–Kier alpha value is -1.16. The van der Waals surface area contributed by atoms with Crippen molar-refractivity contribution >= 4 is 28.5 Å². The molecule has 1 saturated carbocycles. The van der Waals surface area contributed by atoms with Crippen molar-refractivity contribution in [2.45, 2.75) is 56.7 Å². The topological polar surface area (TPSA) is 43.8 Å². The summed E-state index contributed by atoms with van der Waals surface area (Å²) in [5.74, 6) is 1.24. The number of nitrogens with zero attached hydrogens (tertiary/aromatic N) is 2. The first-order chi connectivity index (χ1) is 10.2. The molecular formula is C17H25N3S. The number of aromatic nitrogens is 2. The normalized spacial score (nSPS) is 22.8. The Morgan fingerprint density at radius 1 is 1.29 bits per heavy atom. The van der Waals surface area contributed by atoms with Crippen LogP contribution in [0.25, 0.3) is 11.0 Å². The summed E-state index contributed by atoms with van der Waals surface area (Å²) in [6, 6.07) is 6.78. The predicted octanol–water partition coefficient (Wildman–Crippen LogP) is 4.42. The van der Waals surface area contributed by atoms with Crippen molar-refractivity contribution in [3.63, 3.8) is 0 Å². The molecule has 0 spiro atoms. The summed E-state index contributed by atoms with van der Waals surface area (Å²) < 4.78 is 2.51. The Kier molecular flexibility index (Phi) is 4.43. The first-order valence-electron chi connectivity index (χ1n) is 8.02. The van der Waals surface area contributed by atoms with Crippen LogP contribution in [0, 0.1) is 0 Å². The summed E-state index contributed by atoms with van der Waals surface area (Å²) in [7, 11) is 0. The van der Waals surface area contributed by atoms with Gasteiger partial charge >= 0.3 is 0 Å². The molecule has 0 atom stereocenters. The number of nitrogens with two attached hydrogens (primary N) is 1. The molecule has 21 heavy (non-hydrogen) atoms. The molecule has 0 aliphatic heterocycles. The Balaban J connectivity index is 1.97. The molecule has 0 unspecified atom stereocenters. The number of benzene rings is 1. The Morgan fingerprint density at radius 3 is 2.71 bits per heavy atom. The number of hydrogen-bond donors (Lipinski definition) is 1. The molecule has 4 heteroatoms. The van der Waals surface area contributed by atoms with Gasteiger partial charge in [0, 0.05) is 23.4 Å². The summed E-state index contributed by atoms with van der Waals surface area (Å²) in [4.78, 5) is 4.86. The predicted molar refractivity (Wildman–Crippen MR) is 92.9 cm³/mol. The third-order valence-electron chi connectivity index (χ3n) is 4.60. The van der Waals surface area contributed by atoms with Gasteiger partial charge in [0.2, 0.25) is 0 Å². The molecule has 3 nitrogen and oxygen atoms in total. The van der Waals surface area contributed by atoms with Crippen LogP contribution in [0.2, 0.25) is 0 Å². The maximum atomic E-state index is 5.92. The highest BCUT2D eigenvalue weighted by molar-refractivity contribution is 7.99. The van der Waals surface area contributed by atoms with Crippen LogP contribution in [-0.4, -0.2) is 21.1 Å². The van der Waals surface area contributed by atoms with Crippen molar-refractivity contribution in [3.05, 3.63) is 24.0 Å². The first-order valence-corrected chi connectivity index (χ1v) is 9.30. The molecule has 114 valence electrons. The average molecular weight is 303 g/mol. The molecule has 1 fully saturated rings. The van der Waals surface area contributed by atoms with Crippen molar-refractivity contribution in [2.75, 3.05) is 12.0 Å². The van der Waals surface area contributed by atoms with E-state index in [4.69, 9.17) is 10.7 Å². The van der Waals surface area contributed by atoms with Gasteiger partial charge in [0.1, 0.15) is 5.82 Å². The quantitative estimate of drug-likeness (QED) is 0.850. The van der Waals surface area contributed by atoms with Gasteiger partial charge in [-0.25, -0.2) is 4.98 Å². The van der Waals surface area contributed by atoms with Crippen LogP contribution in [0.3, 0.4) is 0 Å². The van der Waals surface area contributed by atoms with Gasteiger partial charge in [0.05, 0.1) is 11.0 Å². The van der Waals surface area contributed by atoms with Gasteiger partial charge in [-0.2, -0.15) is 11.8 Å². The molecule has 0 radical (unpaired) electrons. The van der Waals surface area contributed by atoms with Gasteiger partial charge in [-0.15, -0.1) is 0 Å². The fourth-order valence-electron chi connectivity index (χ4n) is 3.51. The number of hydrogen-bond acceptors (Lipinski definition) is 3. The van der Waals surface area contributed by atoms with Crippen molar-refractivity contribution in [1.82, 2.24) is 9.55 Å². The lowest BCUT2D eigenvalue weighted by atomic mass is 9.94. The second-order valence-corrected chi connectivity index (χ2v) is 7.20. The van der Waals surface area contributed by atoms with E-state index in [0.717, 1.165) is 29.3 Å². The third kappa shape index (κ3) is 2.91. The molecule has 1 heterocycles. The summed E-state index contributed by atoms with van der Waals surface area (Å²) in [5.41, 5.74) is 9.05. The molecule has 1 aromatic heterocycles. The van der Waals surface area contributed by atoms with E-state index in [1.165, 1.54) is 37.0 Å². The summed E-state index contributed by atoms with van der Waals surface area (Å²) in [5, 5.41) is 0.848. The zero-order valence-corrected chi connectivity index (χ0v) is 13.8. The monoisotopic (exact) mass is 303 g/mol. The summed E-state index contributed by atoms with van der Waals surface area (Å²) >= 11 is 2.02. The van der Waals surface area contributed by atoms with E-state index in [9.17, 15) is 0 Å². The van der Waals surface area contributed by atoms with Gasteiger partial charge in [0.15, 0.2) is 0 Å². The van der Waals surface area contributed by atoms with Gasteiger partial charge in [-0.3, -0.25) is 0 Å². The largest absolute Gasteiger partial charge is 0.399 e.